The molecule has 17 heavy (non-hydrogen) atoms. The zero-order valence-corrected chi connectivity index (χ0v) is 10.4. The van der Waals surface area contributed by atoms with Crippen LogP contribution < -0.4 is 11.1 Å². The number of amides is 1. The molecule has 1 atom stereocenters. The number of halogens is 2. The van der Waals surface area contributed by atoms with Crippen LogP contribution in [0.3, 0.4) is 0 Å². The molecule has 0 aliphatic carbocycles. The third-order valence-corrected chi connectivity index (χ3v) is 2.88. The molecule has 0 bridgehead atoms. The molecule has 0 radical (unpaired) electrons. The normalized spacial score (nSPS) is 12.2. The lowest BCUT2D eigenvalue weighted by molar-refractivity contribution is -0.117. The first kappa shape index (κ1) is 13.9. The standard InChI is InChI=1S/C12H16ClFN2O/c1-2-8(7-15)5-12(17)16-9-3-4-11(14)10(13)6-9/h3-4,6,8H,2,5,7,15H2,1H3,(H,16,17). The third kappa shape index (κ3) is 4.32. The van der Waals surface area contributed by atoms with E-state index < -0.39 is 5.82 Å². The fraction of sp³-hybridized carbons (Fsp3) is 0.417. The van der Waals surface area contributed by atoms with Gasteiger partial charge in [-0.3, -0.25) is 4.79 Å². The zero-order valence-electron chi connectivity index (χ0n) is 9.67. The number of anilines is 1. The van der Waals surface area contributed by atoms with Crippen molar-refractivity contribution in [1.29, 1.82) is 0 Å². The highest BCUT2D eigenvalue weighted by molar-refractivity contribution is 6.31. The average molecular weight is 259 g/mol. The number of rotatable bonds is 5. The Morgan fingerprint density at radius 3 is 2.82 bits per heavy atom. The molecule has 0 aliphatic heterocycles. The van der Waals surface area contributed by atoms with Crippen LogP contribution in [0.1, 0.15) is 19.8 Å². The van der Waals surface area contributed by atoms with Crippen LogP contribution in [0, 0.1) is 11.7 Å². The third-order valence-electron chi connectivity index (χ3n) is 2.59. The summed E-state index contributed by atoms with van der Waals surface area (Å²) in [6.45, 7) is 2.47. The number of nitrogens with one attached hydrogen (secondary N) is 1. The van der Waals surface area contributed by atoms with Crippen molar-refractivity contribution in [2.24, 2.45) is 11.7 Å². The van der Waals surface area contributed by atoms with E-state index in [0.717, 1.165) is 6.42 Å². The molecule has 0 saturated heterocycles. The summed E-state index contributed by atoms with van der Waals surface area (Å²) in [5, 5.41) is 2.66. The van der Waals surface area contributed by atoms with Crippen molar-refractivity contribution in [1.82, 2.24) is 0 Å². The lowest BCUT2D eigenvalue weighted by Gasteiger charge is -2.12. The Morgan fingerprint density at radius 1 is 1.59 bits per heavy atom. The minimum Gasteiger partial charge on any atom is -0.330 e. The van der Waals surface area contributed by atoms with Crippen LogP contribution in [0.2, 0.25) is 5.02 Å². The molecule has 0 fully saturated rings. The molecule has 1 aromatic carbocycles. The number of hydrogen-bond donors (Lipinski definition) is 2. The van der Waals surface area contributed by atoms with Gasteiger partial charge in [0.1, 0.15) is 5.82 Å². The van der Waals surface area contributed by atoms with Gasteiger partial charge in [-0.1, -0.05) is 24.9 Å². The second kappa shape index (κ2) is 6.57. The molecule has 1 aromatic rings. The van der Waals surface area contributed by atoms with Crippen LogP contribution in [0.25, 0.3) is 0 Å². The van der Waals surface area contributed by atoms with Gasteiger partial charge in [0.15, 0.2) is 0 Å². The van der Waals surface area contributed by atoms with Gasteiger partial charge in [0.05, 0.1) is 5.02 Å². The van der Waals surface area contributed by atoms with Crippen molar-refractivity contribution >= 4 is 23.2 Å². The van der Waals surface area contributed by atoms with Crippen LogP contribution in [0.5, 0.6) is 0 Å². The van der Waals surface area contributed by atoms with Gasteiger partial charge in [-0.05, 0) is 30.7 Å². The number of carbonyl (C=O) groups is 1. The van der Waals surface area contributed by atoms with E-state index in [0.29, 0.717) is 18.7 Å². The predicted octanol–water partition coefficient (Wildman–Crippen LogP) is 2.79. The zero-order chi connectivity index (χ0) is 12.8. The summed E-state index contributed by atoms with van der Waals surface area (Å²) in [7, 11) is 0. The Hall–Kier alpha value is -1.13. The van der Waals surface area contributed by atoms with Gasteiger partial charge in [0.25, 0.3) is 0 Å². The van der Waals surface area contributed by atoms with Crippen LogP contribution in [-0.2, 0) is 4.79 Å². The molecule has 0 heterocycles. The molecular formula is C12H16ClFN2O. The van der Waals surface area contributed by atoms with E-state index in [4.69, 9.17) is 17.3 Å². The smallest absolute Gasteiger partial charge is 0.224 e. The molecule has 5 heteroatoms. The Morgan fingerprint density at radius 2 is 2.29 bits per heavy atom. The Balaban J connectivity index is 2.58. The van der Waals surface area contributed by atoms with Crippen molar-refractivity contribution in [2.45, 2.75) is 19.8 Å². The van der Waals surface area contributed by atoms with Crippen molar-refractivity contribution < 1.29 is 9.18 Å². The maximum absolute atomic E-state index is 12.9. The number of carbonyl (C=O) groups excluding carboxylic acids is 1. The first-order chi connectivity index (χ1) is 8.06. The molecule has 0 aliphatic rings. The van der Waals surface area contributed by atoms with Gasteiger partial charge < -0.3 is 11.1 Å². The molecule has 94 valence electrons. The highest BCUT2D eigenvalue weighted by atomic mass is 35.5. The van der Waals surface area contributed by atoms with Crippen molar-refractivity contribution in [3.8, 4) is 0 Å². The fourth-order valence-electron chi connectivity index (χ4n) is 1.44. The topological polar surface area (TPSA) is 55.1 Å². The summed E-state index contributed by atoms with van der Waals surface area (Å²) in [4.78, 5) is 11.6. The summed E-state index contributed by atoms with van der Waals surface area (Å²) in [6, 6.07) is 4.08. The Kier molecular flexibility index (Phi) is 5.38. The molecule has 0 spiro atoms. The Bertz CT molecular complexity index is 394. The number of benzene rings is 1. The molecule has 0 aromatic heterocycles. The monoisotopic (exact) mass is 258 g/mol. The Labute approximate surface area is 105 Å². The number of nitrogens with two attached hydrogens (primary N) is 1. The molecule has 3 N–H and O–H groups in total. The second-order valence-electron chi connectivity index (χ2n) is 3.89. The SMILES string of the molecule is CCC(CN)CC(=O)Nc1ccc(F)c(Cl)c1. The maximum Gasteiger partial charge on any atom is 0.224 e. The highest BCUT2D eigenvalue weighted by Crippen LogP contribution is 2.19. The van der Waals surface area contributed by atoms with Crippen molar-refractivity contribution in [3.05, 3.63) is 29.0 Å². The van der Waals surface area contributed by atoms with Gasteiger partial charge >= 0.3 is 0 Å². The van der Waals surface area contributed by atoms with Gasteiger partial charge in [0, 0.05) is 12.1 Å². The molecule has 0 saturated carbocycles. The molecule has 3 nitrogen and oxygen atoms in total. The van der Waals surface area contributed by atoms with Crippen LogP contribution in [0.4, 0.5) is 10.1 Å². The van der Waals surface area contributed by atoms with Crippen molar-refractivity contribution in [3.63, 3.8) is 0 Å². The summed E-state index contributed by atoms with van der Waals surface area (Å²) in [5.74, 6) is -0.464. The highest BCUT2D eigenvalue weighted by Gasteiger charge is 2.11. The first-order valence-electron chi connectivity index (χ1n) is 5.51. The van der Waals surface area contributed by atoms with Gasteiger partial charge in [0.2, 0.25) is 5.91 Å². The van der Waals surface area contributed by atoms with E-state index in [1.165, 1.54) is 18.2 Å². The van der Waals surface area contributed by atoms with E-state index in [1.54, 1.807) is 0 Å². The van der Waals surface area contributed by atoms with E-state index in [1.807, 2.05) is 6.92 Å². The fourth-order valence-corrected chi connectivity index (χ4v) is 1.62. The maximum atomic E-state index is 12.9. The molecule has 1 amide bonds. The molecular weight excluding hydrogens is 243 g/mol. The van der Waals surface area contributed by atoms with Gasteiger partial charge in [-0.25, -0.2) is 4.39 Å². The van der Waals surface area contributed by atoms with Crippen LogP contribution >= 0.6 is 11.6 Å². The molecule has 1 unspecified atom stereocenters. The number of hydrogen-bond acceptors (Lipinski definition) is 2. The minimum absolute atomic E-state index is 0.00586. The predicted molar refractivity (Wildman–Crippen MR) is 67.5 cm³/mol. The van der Waals surface area contributed by atoms with Crippen LogP contribution in [-0.4, -0.2) is 12.5 Å². The van der Waals surface area contributed by atoms with E-state index in [2.05, 4.69) is 5.32 Å². The summed E-state index contributed by atoms with van der Waals surface area (Å²) in [6.07, 6.45) is 1.22. The largest absolute Gasteiger partial charge is 0.330 e. The lowest BCUT2D eigenvalue weighted by atomic mass is 10.0. The average Bonchev–Trinajstić information content (AvgIpc) is 2.31. The minimum atomic E-state index is -0.502. The summed E-state index contributed by atoms with van der Waals surface area (Å²) >= 11 is 5.61. The summed E-state index contributed by atoms with van der Waals surface area (Å²) in [5.41, 5.74) is 6.01. The van der Waals surface area contributed by atoms with E-state index in [-0.39, 0.29) is 16.8 Å². The second-order valence-corrected chi connectivity index (χ2v) is 4.30. The van der Waals surface area contributed by atoms with Gasteiger partial charge in [-0.2, -0.15) is 0 Å². The van der Waals surface area contributed by atoms with E-state index >= 15 is 0 Å². The van der Waals surface area contributed by atoms with Crippen LogP contribution in [0.15, 0.2) is 18.2 Å². The van der Waals surface area contributed by atoms with Gasteiger partial charge in [-0.15, -0.1) is 0 Å². The van der Waals surface area contributed by atoms with Crippen molar-refractivity contribution in [2.75, 3.05) is 11.9 Å². The molecule has 1 rings (SSSR count). The lowest BCUT2D eigenvalue weighted by Crippen LogP contribution is -2.21. The summed E-state index contributed by atoms with van der Waals surface area (Å²) < 4.78 is 12.9. The van der Waals surface area contributed by atoms with E-state index in [9.17, 15) is 9.18 Å². The first-order valence-corrected chi connectivity index (χ1v) is 5.89. The quantitative estimate of drug-likeness (QED) is 0.853.